The van der Waals surface area contributed by atoms with Gasteiger partial charge in [0.1, 0.15) is 0 Å². The first-order valence-corrected chi connectivity index (χ1v) is 12.5. The van der Waals surface area contributed by atoms with Crippen molar-refractivity contribution in [3.63, 3.8) is 0 Å². The van der Waals surface area contributed by atoms with Crippen LogP contribution in [0, 0.1) is 0 Å². The summed E-state index contributed by atoms with van der Waals surface area (Å²) in [6, 6.07) is 17.8. The van der Waals surface area contributed by atoms with E-state index in [1.54, 1.807) is 30.3 Å². The van der Waals surface area contributed by atoms with E-state index in [0.29, 0.717) is 14.5 Å². The van der Waals surface area contributed by atoms with Crippen LogP contribution in [0.2, 0.25) is 3.71 Å². The fraction of sp³-hybridized carbons (Fsp3) is 0.136. The molecule has 0 N–H and O–H groups in total. The van der Waals surface area contributed by atoms with Crippen molar-refractivity contribution in [2.75, 3.05) is 0 Å². The fourth-order valence-corrected chi connectivity index (χ4v) is 8.90. The third-order valence-corrected chi connectivity index (χ3v) is 10.3. The molecule has 0 aromatic heterocycles. The molecule has 0 saturated heterocycles. The molecule has 0 saturated carbocycles. The van der Waals surface area contributed by atoms with Gasteiger partial charge in [0.15, 0.2) is 0 Å². The van der Waals surface area contributed by atoms with E-state index in [4.69, 9.17) is 0 Å². The van der Waals surface area contributed by atoms with Crippen LogP contribution in [0.3, 0.4) is 0 Å². The van der Waals surface area contributed by atoms with Gasteiger partial charge in [0, 0.05) is 0 Å². The Hall–Kier alpha value is -2.05. The van der Waals surface area contributed by atoms with Crippen LogP contribution in [0.1, 0.15) is 21.5 Å². The molecule has 0 spiro atoms. The van der Waals surface area contributed by atoms with E-state index in [-0.39, 0.29) is 5.78 Å². The summed E-state index contributed by atoms with van der Waals surface area (Å²) >= 11 is -1.00. The number of carbonyl (C=O) groups excluding carboxylic acids is 1. The molecule has 0 unspecified atom stereocenters. The van der Waals surface area contributed by atoms with Crippen LogP contribution < -0.4 is 8.92 Å². The number of benzene rings is 3. The van der Waals surface area contributed by atoms with Crippen LogP contribution in [0.15, 0.2) is 78.9 Å². The predicted octanol–water partition coefficient (Wildman–Crippen LogP) is 4.71. The van der Waals surface area contributed by atoms with Crippen LogP contribution in [0.4, 0.5) is 26.3 Å². The minimum absolute atomic E-state index is 0.166. The number of alkyl halides is 6. The first kappa shape index (κ1) is 23.6. The number of carbonyl (C=O) groups is 1. The molecule has 0 radical (unpaired) electrons. The zero-order valence-corrected chi connectivity index (χ0v) is 19.0. The fourth-order valence-electron chi connectivity index (χ4n) is 2.56. The molecule has 0 fully saturated rings. The normalized spacial score (nSPS) is 12.2. The number of ketones is 1. The van der Waals surface area contributed by atoms with Crippen molar-refractivity contribution >= 4 is 44.6 Å². The maximum absolute atomic E-state index is 13.1. The third kappa shape index (κ3) is 6.47. The second-order valence-electron chi connectivity index (χ2n) is 6.34. The molecule has 0 heterocycles. The standard InChI is InChI=1S/C22H14F6OSe2/c23-21(24,25)15-6-10-17(11-7-15)30-20(19(29)14-4-2-1-3-5-14)31-18-12-8-16(9-13-18)22(26,27)28/h1-13,20H. The van der Waals surface area contributed by atoms with Gasteiger partial charge in [-0.05, 0) is 0 Å². The van der Waals surface area contributed by atoms with E-state index in [1.165, 1.54) is 24.3 Å². The second-order valence-corrected chi connectivity index (χ2v) is 12.8. The zero-order valence-electron chi connectivity index (χ0n) is 15.6. The topological polar surface area (TPSA) is 17.1 Å². The summed E-state index contributed by atoms with van der Waals surface area (Å²) in [5.74, 6) is -0.166. The molecule has 3 aromatic carbocycles. The average Bonchev–Trinajstić information content (AvgIpc) is 2.73. The monoisotopic (exact) mass is 568 g/mol. The number of hydrogen-bond acceptors (Lipinski definition) is 1. The summed E-state index contributed by atoms with van der Waals surface area (Å²) in [5.41, 5.74) is -1.08. The van der Waals surface area contributed by atoms with Crippen LogP contribution in [-0.4, -0.2) is 35.7 Å². The number of halogens is 6. The van der Waals surface area contributed by atoms with Crippen molar-refractivity contribution in [1.29, 1.82) is 0 Å². The van der Waals surface area contributed by atoms with E-state index in [1.807, 2.05) is 0 Å². The van der Waals surface area contributed by atoms with Gasteiger partial charge in [-0.2, -0.15) is 0 Å². The Labute approximate surface area is 187 Å². The Balaban J connectivity index is 1.85. The third-order valence-electron chi connectivity index (χ3n) is 4.12. The molecule has 0 amide bonds. The van der Waals surface area contributed by atoms with E-state index in [0.717, 1.165) is 24.3 Å². The SMILES string of the molecule is O=C(c1ccccc1)C([Se]c1ccc(C(F)(F)F)cc1)[Se]c1ccc(C(F)(F)F)cc1. The van der Waals surface area contributed by atoms with Gasteiger partial charge in [-0.25, -0.2) is 0 Å². The quantitative estimate of drug-likeness (QED) is 0.240. The Morgan fingerprint density at radius 3 is 1.35 bits per heavy atom. The van der Waals surface area contributed by atoms with Crippen molar-refractivity contribution in [3.05, 3.63) is 95.6 Å². The zero-order chi connectivity index (χ0) is 22.6. The van der Waals surface area contributed by atoms with Crippen LogP contribution in [-0.2, 0) is 12.4 Å². The molecule has 0 aliphatic carbocycles. The maximum atomic E-state index is 13.1. The first-order valence-electron chi connectivity index (χ1n) is 8.81. The van der Waals surface area contributed by atoms with Gasteiger partial charge in [0.25, 0.3) is 0 Å². The van der Waals surface area contributed by atoms with Gasteiger partial charge in [-0.15, -0.1) is 0 Å². The molecule has 162 valence electrons. The molecule has 0 aliphatic heterocycles. The molecule has 9 heteroatoms. The van der Waals surface area contributed by atoms with Gasteiger partial charge < -0.3 is 0 Å². The summed E-state index contributed by atoms with van der Waals surface area (Å²) in [5, 5.41) is 0. The molecule has 0 atom stereocenters. The van der Waals surface area contributed by atoms with E-state index < -0.39 is 57.1 Å². The van der Waals surface area contributed by atoms with Gasteiger partial charge >= 0.3 is 187 Å². The molecule has 3 rings (SSSR count). The molecule has 0 bridgehead atoms. The van der Waals surface area contributed by atoms with Gasteiger partial charge in [0.2, 0.25) is 0 Å². The average molecular weight is 566 g/mol. The molecule has 0 aliphatic rings. The van der Waals surface area contributed by atoms with Crippen LogP contribution in [0.25, 0.3) is 0 Å². The van der Waals surface area contributed by atoms with Crippen LogP contribution in [0.5, 0.6) is 0 Å². The van der Waals surface area contributed by atoms with Gasteiger partial charge in [-0.3, -0.25) is 0 Å². The summed E-state index contributed by atoms with van der Waals surface area (Å²) in [7, 11) is 0. The predicted molar refractivity (Wildman–Crippen MR) is 108 cm³/mol. The second kappa shape index (κ2) is 9.61. The van der Waals surface area contributed by atoms with E-state index >= 15 is 0 Å². The molecular weight excluding hydrogens is 552 g/mol. The van der Waals surface area contributed by atoms with Crippen LogP contribution >= 0.6 is 0 Å². The minimum atomic E-state index is -4.45. The van der Waals surface area contributed by atoms with Crippen molar-refractivity contribution in [3.8, 4) is 0 Å². The Morgan fingerprint density at radius 2 is 1.00 bits per heavy atom. The molecule has 1 nitrogen and oxygen atoms in total. The number of hydrogen-bond donors (Lipinski definition) is 0. The van der Waals surface area contributed by atoms with E-state index in [9.17, 15) is 31.1 Å². The van der Waals surface area contributed by atoms with Crippen molar-refractivity contribution in [2.24, 2.45) is 0 Å². The van der Waals surface area contributed by atoms with Crippen molar-refractivity contribution in [2.45, 2.75) is 16.1 Å². The molecule has 3 aromatic rings. The summed E-state index contributed by atoms with van der Waals surface area (Å²) in [4.78, 5) is 13.1. The van der Waals surface area contributed by atoms with Gasteiger partial charge in [-0.1, -0.05) is 0 Å². The Morgan fingerprint density at radius 1 is 0.613 bits per heavy atom. The van der Waals surface area contributed by atoms with Crippen molar-refractivity contribution in [1.82, 2.24) is 0 Å². The van der Waals surface area contributed by atoms with E-state index in [2.05, 4.69) is 0 Å². The van der Waals surface area contributed by atoms with Crippen molar-refractivity contribution < 1.29 is 31.1 Å². The molecule has 31 heavy (non-hydrogen) atoms. The van der Waals surface area contributed by atoms with Gasteiger partial charge in [0.05, 0.1) is 0 Å². The summed E-state index contributed by atoms with van der Waals surface area (Å²) in [6.07, 6.45) is -8.90. The Kier molecular flexibility index (Phi) is 7.32. The summed E-state index contributed by atoms with van der Waals surface area (Å²) < 4.78 is 77.6. The Bertz CT molecular complexity index is 954. The molecular formula is C22H14F6OSe2. The summed E-state index contributed by atoms with van der Waals surface area (Å²) in [6.45, 7) is 0. The number of rotatable bonds is 6. The first-order chi connectivity index (χ1) is 14.5. The number of Topliss-reactive ketones (excluding diaryl/α,β-unsaturated/α-hetero) is 1.